The molecule has 0 heterocycles. The fourth-order valence-corrected chi connectivity index (χ4v) is 1.54. The lowest BCUT2D eigenvalue weighted by Crippen LogP contribution is -2.07. The standard InChI is InChI=1S/C11H16N2O2/c1-2-3-4-8-9(11(14)15)5-7(12)6-10(8)13/h5-6H,2-4,12-13H2,1H3,(H,14,15). The lowest BCUT2D eigenvalue weighted by atomic mass is 9.99. The Morgan fingerprint density at radius 3 is 2.60 bits per heavy atom. The van der Waals surface area contributed by atoms with Crippen LogP contribution in [0, 0.1) is 0 Å². The minimum atomic E-state index is -0.972. The number of anilines is 2. The van der Waals surface area contributed by atoms with Crippen LogP contribution in [0.2, 0.25) is 0 Å². The van der Waals surface area contributed by atoms with Crippen molar-refractivity contribution in [2.45, 2.75) is 26.2 Å². The monoisotopic (exact) mass is 208 g/mol. The summed E-state index contributed by atoms with van der Waals surface area (Å²) in [7, 11) is 0. The maximum Gasteiger partial charge on any atom is 0.336 e. The van der Waals surface area contributed by atoms with Crippen LogP contribution in [0.4, 0.5) is 11.4 Å². The molecule has 0 unspecified atom stereocenters. The summed E-state index contributed by atoms with van der Waals surface area (Å²) in [5.41, 5.74) is 13.1. The van der Waals surface area contributed by atoms with E-state index >= 15 is 0 Å². The molecule has 4 heteroatoms. The number of nitrogens with two attached hydrogens (primary N) is 2. The van der Waals surface area contributed by atoms with Crippen LogP contribution >= 0.6 is 0 Å². The molecule has 0 aliphatic heterocycles. The number of hydrogen-bond acceptors (Lipinski definition) is 3. The first kappa shape index (κ1) is 11.4. The molecule has 0 aromatic heterocycles. The van der Waals surface area contributed by atoms with Gasteiger partial charge >= 0.3 is 5.97 Å². The van der Waals surface area contributed by atoms with Crippen LogP contribution in [0.25, 0.3) is 0 Å². The molecule has 5 N–H and O–H groups in total. The van der Waals surface area contributed by atoms with Crippen molar-refractivity contribution in [1.29, 1.82) is 0 Å². The van der Waals surface area contributed by atoms with Gasteiger partial charge < -0.3 is 16.6 Å². The van der Waals surface area contributed by atoms with Crippen LogP contribution in [0.5, 0.6) is 0 Å². The minimum absolute atomic E-state index is 0.223. The highest BCUT2D eigenvalue weighted by molar-refractivity contribution is 5.92. The van der Waals surface area contributed by atoms with Crippen molar-refractivity contribution >= 4 is 17.3 Å². The molecule has 0 spiro atoms. The van der Waals surface area contributed by atoms with Gasteiger partial charge in [-0.15, -0.1) is 0 Å². The fourth-order valence-electron chi connectivity index (χ4n) is 1.54. The third-order valence-corrected chi connectivity index (χ3v) is 2.32. The SMILES string of the molecule is CCCCc1c(N)cc(N)cc1C(=O)O. The van der Waals surface area contributed by atoms with Crippen molar-refractivity contribution in [1.82, 2.24) is 0 Å². The van der Waals surface area contributed by atoms with Crippen molar-refractivity contribution < 1.29 is 9.90 Å². The summed E-state index contributed by atoms with van der Waals surface area (Å²) in [6, 6.07) is 3.07. The van der Waals surface area contributed by atoms with Crippen LogP contribution in [0.3, 0.4) is 0 Å². The van der Waals surface area contributed by atoms with Gasteiger partial charge in [0, 0.05) is 11.4 Å². The number of carbonyl (C=O) groups is 1. The predicted molar refractivity (Wildman–Crippen MR) is 60.8 cm³/mol. The van der Waals surface area contributed by atoms with Gasteiger partial charge in [0.05, 0.1) is 5.56 Å². The second-order valence-electron chi connectivity index (χ2n) is 3.54. The third-order valence-electron chi connectivity index (χ3n) is 2.32. The number of carboxylic acids is 1. The first-order chi connectivity index (χ1) is 7.06. The molecule has 0 amide bonds. The van der Waals surface area contributed by atoms with Crippen LogP contribution in [0.15, 0.2) is 12.1 Å². The molecule has 0 aliphatic carbocycles. The summed E-state index contributed by atoms with van der Waals surface area (Å²) >= 11 is 0. The quantitative estimate of drug-likeness (QED) is 0.659. The number of aromatic carboxylic acids is 1. The Morgan fingerprint density at radius 1 is 1.40 bits per heavy atom. The van der Waals surface area contributed by atoms with Crippen LogP contribution in [-0.2, 0) is 6.42 Å². The van der Waals surface area contributed by atoms with Crippen molar-refractivity contribution in [3.63, 3.8) is 0 Å². The Labute approximate surface area is 88.9 Å². The summed E-state index contributed by atoms with van der Waals surface area (Å²) in [5.74, 6) is -0.972. The van der Waals surface area contributed by atoms with Gasteiger partial charge in [-0.05, 0) is 30.5 Å². The third kappa shape index (κ3) is 2.62. The number of hydrogen-bond donors (Lipinski definition) is 3. The molecule has 0 saturated heterocycles. The lowest BCUT2D eigenvalue weighted by molar-refractivity contribution is 0.0696. The molecule has 4 nitrogen and oxygen atoms in total. The van der Waals surface area contributed by atoms with E-state index in [2.05, 4.69) is 0 Å². The molecule has 0 atom stereocenters. The zero-order valence-corrected chi connectivity index (χ0v) is 8.79. The van der Waals surface area contributed by atoms with Crippen molar-refractivity contribution in [3.8, 4) is 0 Å². The maximum atomic E-state index is 11.0. The molecule has 1 aromatic rings. The van der Waals surface area contributed by atoms with E-state index in [0.717, 1.165) is 12.8 Å². The molecule has 15 heavy (non-hydrogen) atoms. The number of benzene rings is 1. The number of unbranched alkanes of at least 4 members (excludes halogenated alkanes) is 1. The summed E-state index contributed by atoms with van der Waals surface area (Å²) in [4.78, 5) is 11.0. The van der Waals surface area contributed by atoms with Gasteiger partial charge in [0.15, 0.2) is 0 Å². The van der Waals surface area contributed by atoms with Crippen molar-refractivity contribution in [2.24, 2.45) is 0 Å². The number of rotatable bonds is 4. The maximum absolute atomic E-state index is 11.0. The second kappa shape index (κ2) is 4.68. The zero-order valence-electron chi connectivity index (χ0n) is 8.79. The molecule has 0 fully saturated rings. The van der Waals surface area contributed by atoms with E-state index in [4.69, 9.17) is 16.6 Å². The lowest BCUT2D eigenvalue weighted by Gasteiger charge is -2.10. The average molecular weight is 208 g/mol. The highest BCUT2D eigenvalue weighted by atomic mass is 16.4. The molecule has 0 bridgehead atoms. The molecule has 1 aromatic carbocycles. The van der Waals surface area contributed by atoms with E-state index in [9.17, 15) is 4.79 Å². The Bertz CT molecular complexity index is 375. The summed E-state index contributed by atoms with van der Waals surface area (Å²) in [6.07, 6.45) is 2.61. The van der Waals surface area contributed by atoms with E-state index in [1.807, 2.05) is 6.92 Å². The highest BCUT2D eigenvalue weighted by Gasteiger charge is 2.13. The number of carboxylic acid groups (broad SMARTS) is 1. The average Bonchev–Trinajstić information content (AvgIpc) is 2.15. The van der Waals surface area contributed by atoms with Crippen LogP contribution < -0.4 is 11.5 Å². The molecule has 0 radical (unpaired) electrons. The van der Waals surface area contributed by atoms with Crippen molar-refractivity contribution in [3.05, 3.63) is 23.3 Å². The first-order valence-electron chi connectivity index (χ1n) is 4.97. The Balaban J connectivity index is 3.15. The van der Waals surface area contributed by atoms with Crippen LogP contribution in [0.1, 0.15) is 35.7 Å². The predicted octanol–water partition coefficient (Wildman–Crippen LogP) is 1.89. The Kier molecular flexibility index (Phi) is 3.55. The van der Waals surface area contributed by atoms with E-state index in [1.165, 1.54) is 6.07 Å². The summed E-state index contributed by atoms with van der Waals surface area (Å²) in [5, 5.41) is 9.00. The molecular weight excluding hydrogens is 192 g/mol. The Morgan fingerprint density at radius 2 is 2.07 bits per heavy atom. The van der Waals surface area contributed by atoms with Crippen molar-refractivity contribution in [2.75, 3.05) is 11.5 Å². The fraction of sp³-hybridized carbons (Fsp3) is 0.364. The molecule has 1 rings (SSSR count). The molecule has 0 aliphatic rings. The zero-order chi connectivity index (χ0) is 11.4. The van der Waals surface area contributed by atoms with Gasteiger partial charge in [0.2, 0.25) is 0 Å². The molecular formula is C11H16N2O2. The molecule has 82 valence electrons. The van der Waals surface area contributed by atoms with Gasteiger partial charge in [-0.3, -0.25) is 0 Å². The van der Waals surface area contributed by atoms with Gasteiger partial charge in [-0.25, -0.2) is 4.79 Å². The van der Waals surface area contributed by atoms with E-state index in [1.54, 1.807) is 6.07 Å². The van der Waals surface area contributed by atoms with E-state index in [-0.39, 0.29) is 5.56 Å². The van der Waals surface area contributed by atoms with Crippen LogP contribution in [-0.4, -0.2) is 11.1 Å². The summed E-state index contributed by atoms with van der Waals surface area (Å²) in [6.45, 7) is 2.05. The summed E-state index contributed by atoms with van der Waals surface area (Å²) < 4.78 is 0. The normalized spacial score (nSPS) is 10.2. The van der Waals surface area contributed by atoms with Gasteiger partial charge in [-0.2, -0.15) is 0 Å². The highest BCUT2D eigenvalue weighted by Crippen LogP contribution is 2.23. The van der Waals surface area contributed by atoms with Gasteiger partial charge in [0.25, 0.3) is 0 Å². The topological polar surface area (TPSA) is 89.3 Å². The minimum Gasteiger partial charge on any atom is -0.478 e. The first-order valence-corrected chi connectivity index (χ1v) is 4.97. The van der Waals surface area contributed by atoms with E-state index in [0.29, 0.717) is 23.4 Å². The largest absolute Gasteiger partial charge is 0.478 e. The second-order valence-corrected chi connectivity index (χ2v) is 3.54. The molecule has 0 saturated carbocycles. The number of nitrogen functional groups attached to an aromatic ring is 2. The Hall–Kier alpha value is -1.71. The van der Waals surface area contributed by atoms with Gasteiger partial charge in [0.1, 0.15) is 0 Å². The van der Waals surface area contributed by atoms with E-state index < -0.39 is 5.97 Å². The van der Waals surface area contributed by atoms with Gasteiger partial charge in [-0.1, -0.05) is 13.3 Å². The smallest absolute Gasteiger partial charge is 0.336 e.